The van der Waals surface area contributed by atoms with Crippen LogP contribution < -0.4 is 10.1 Å². The highest BCUT2D eigenvalue weighted by molar-refractivity contribution is 6.30. The van der Waals surface area contributed by atoms with Crippen molar-refractivity contribution in [3.05, 3.63) is 52.5 Å². The van der Waals surface area contributed by atoms with Crippen molar-refractivity contribution in [2.24, 2.45) is 0 Å². The normalized spacial score (nSPS) is 10.4. The fraction of sp³-hybridized carbons (Fsp3) is 0.294. The number of halogens is 1. The summed E-state index contributed by atoms with van der Waals surface area (Å²) in [7, 11) is 0. The predicted molar refractivity (Wildman–Crippen MR) is 87.4 cm³/mol. The van der Waals surface area contributed by atoms with Gasteiger partial charge < -0.3 is 15.2 Å². The van der Waals surface area contributed by atoms with E-state index in [9.17, 15) is 5.11 Å². The standard InChI is InChI=1S/C17H20ClNO2/c1-3-9-21-16-8-7-14(18)10-15(16)19-11-13-6-4-5-12(2)17(13)20/h4-8,10,19-20H,3,9,11H2,1-2H3. The van der Waals surface area contributed by atoms with Crippen molar-refractivity contribution in [1.29, 1.82) is 0 Å². The number of benzene rings is 2. The monoisotopic (exact) mass is 305 g/mol. The highest BCUT2D eigenvalue weighted by atomic mass is 35.5. The summed E-state index contributed by atoms with van der Waals surface area (Å²) in [5.41, 5.74) is 2.54. The van der Waals surface area contributed by atoms with Crippen LogP contribution in [-0.2, 0) is 6.54 Å². The zero-order valence-electron chi connectivity index (χ0n) is 12.3. The highest BCUT2D eigenvalue weighted by Crippen LogP contribution is 2.30. The van der Waals surface area contributed by atoms with Gasteiger partial charge in [0, 0.05) is 17.1 Å². The SMILES string of the molecule is CCCOc1ccc(Cl)cc1NCc1cccc(C)c1O. The topological polar surface area (TPSA) is 41.5 Å². The first-order chi connectivity index (χ1) is 10.1. The van der Waals surface area contributed by atoms with Crippen LogP contribution in [0.5, 0.6) is 11.5 Å². The molecule has 0 saturated carbocycles. The molecule has 0 atom stereocenters. The van der Waals surface area contributed by atoms with Crippen LogP contribution in [0.3, 0.4) is 0 Å². The summed E-state index contributed by atoms with van der Waals surface area (Å²) >= 11 is 6.04. The fourth-order valence-corrected chi connectivity index (χ4v) is 2.20. The molecule has 21 heavy (non-hydrogen) atoms. The zero-order chi connectivity index (χ0) is 15.2. The second kappa shape index (κ2) is 7.23. The molecular formula is C17H20ClNO2. The summed E-state index contributed by atoms with van der Waals surface area (Å²) in [4.78, 5) is 0. The van der Waals surface area contributed by atoms with E-state index in [1.54, 1.807) is 0 Å². The highest BCUT2D eigenvalue weighted by Gasteiger charge is 2.07. The van der Waals surface area contributed by atoms with Crippen molar-refractivity contribution in [3.63, 3.8) is 0 Å². The Morgan fingerprint density at radius 3 is 2.81 bits per heavy atom. The van der Waals surface area contributed by atoms with Crippen LogP contribution in [-0.4, -0.2) is 11.7 Å². The Bertz CT molecular complexity index is 614. The molecule has 0 unspecified atom stereocenters. The number of anilines is 1. The van der Waals surface area contributed by atoms with Gasteiger partial charge in [0.05, 0.1) is 12.3 Å². The summed E-state index contributed by atoms with van der Waals surface area (Å²) in [5.74, 6) is 1.09. The minimum Gasteiger partial charge on any atom is -0.507 e. The molecule has 112 valence electrons. The Kier molecular flexibility index (Phi) is 5.34. The van der Waals surface area contributed by atoms with Crippen LogP contribution in [0.15, 0.2) is 36.4 Å². The molecule has 0 heterocycles. The van der Waals surface area contributed by atoms with Gasteiger partial charge in [-0.05, 0) is 37.1 Å². The summed E-state index contributed by atoms with van der Waals surface area (Å²) < 4.78 is 5.70. The first kappa shape index (κ1) is 15.5. The lowest BCUT2D eigenvalue weighted by Gasteiger charge is -2.14. The number of aromatic hydroxyl groups is 1. The lowest BCUT2D eigenvalue weighted by molar-refractivity contribution is 0.319. The molecule has 0 aliphatic carbocycles. The molecule has 0 fully saturated rings. The zero-order valence-corrected chi connectivity index (χ0v) is 13.1. The molecule has 0 aliphatic heterocycles. The van der Waals surface area contributed by atoms with Gasteiger partial charge in [0.1, 0.15) is 11.5 Å². The van der Waals surface area contributed by atoms with Crippen LogP contribution in [0, 0.1) is 6.92 Å². The third-order valence-electron chi connectivity index (χ3n) is 3.19. The Morgan fingerprint density at radius 1 is 1.24 bits per heavy atom. The number of nitrogens with one attached hydrogen (secondary N) is 1. The van der Waals surface area contributed by atoms with Crippen molar-refractivity contribution in [3.8, 4) is 11.5 Å². The Morgan fingerprint density at radius 2 is 2.05 bits per heavy atom. The van der Waals surface area contributed by atoms with E-state index in [1.165, 1.54) is 0 Å². The third-order valence-corrected chi connectivity index (χ3v) is 3.43. The Labute approximate surface area is 130 Å². The number of phenolic OH excluding ortho intramolecular Hbond substituents is 1. The van der Waals surface area contributed by atoms with Crippen molar-refractivity contribution in [1.82, 2.24) is 0 Å². The van der Waals surface area contributed by atoms with E-state index in [4.69, 9.17) is 16.3 Å². The van der Waals surface area contributed by atoms with E-state index in [-0.39, 0.29) is 0 Å². The van der Waals surface area contributed by atoms with Crippen LogP contribution >= 0.6 is 11.6 Å². The average Bonchev–Trinajstić information content (AvgIpc) is 2.48. The van der Waals surface area contributed by atoms with E-state index < -0.39 is 0 Å². The first-order valence-electron chi connectivity index (χ1n) is 7.05. The number of hydrogen-bond donors (Lipinski definition) is 2. The molecule has 2 rings (SSSR count). The van der Waals surface area contributed by atoms with Crippen LogP contribution in [0.1, 0.15) is 24.5 Å². The minimum atomic E-state index is 0.322. The fourth-order valence-electron chi connectivity index (χ4n) is 2.03. The lowest BCUT2D eigenvalue weighted by atomic mass is 10.1. The van der Waals surface area contributed by atoms with E-state index in [0.29, 0.717) is 23.9 Å². The molecule has 0 radical (unpaired) electrons. The number of aryl methyl sites for hydroxylation is 1. The van der Waals surface area contributed by atoms with Crippen molar-refractivity contribution < 1.29 is 9.84 Å². The third kappa shape index (κ3) is 4.05. The van der Waals surface area contributed by atoms with Crippen molar-refractivity contribution in [2.45, 2.75) is 26.8 Å². The maximum absolute atomic E-state index is 10.0. The minimum absolute atomic E-state index is 0.322. The molecule has 0 aliphatic rings. The van der Waals surface area contributed by atoms with Crippen molar-refractivity contribution in [2.75, 3.05) is 11.9 Å². The van der Waals surface area contributed by atoms with E-state index >= 15 is 0 Å². The van der Waals surface area contributed by atoms with Gasteiger partial charge >= 0.3 is 0 Å². The molecule has 2 aromatic rings. The molecule has 2 N–H and O–H groups in total. The second-order valence-corrected chi connectivity index (χ2v) is 5.36. The number of phenols is 1. The maximum Gasteiger partial charge on any atom is 0.142 e. The number of rotatable bonds is 6. The van der Waals surface area contributed by atoms with Gasteiger partial charge in [-0.3, -0.25) is 0 Å². The van der Waals surface area contributed by atoms with Crippen LogP contribution in [0.4, 0.5) is 5.69 Å². The molecule has 0 aromatic heterocycles. The molecule has 3 nitrogen and oxygen atoms in total. The largest absolute Gasteiger partial charge is 0.507 e. The molecule has 2 aromatic carbocycles. The van der Waals surface area contributed by atoms with Crippen molar-refractivity contribution >= 4 is 17.3 Å². The van der Waals surface area contributed by atoms with Gasteiger partial charge in [0.2, 0.25) is 0 Å². The smallest absolute Gasteiger partial charge is 0.142 e. The van der Waals surface area contributed by atoms with Gasteiger partial charge in [-0.1, -0.05) is 36.7 Å². The summed E-state index contributed by atoms with van der Waals surface area (Å²) in [6.45, 7) is 5.12. The van der Waals surface area contributed by atoms with E-state index in [2.05, 4.69) is 12.2 Å². The molecule has 4 heteroatoms. The van der Waals surface area contributed by atoms with Gasteiger partial charge in [0.15, 0.2) is 0 Å². The van der Waals surface area contributed by atoms with Gasteiger partial charge in [-0.25, -0.2) is 0 Å². The molecule has 0 amide bonds. The van der Waals surface area contributed by atoms with E-state index in [0.717, 1.165) is 29.0 Å². The number of ether oxygens (including phenoxy) is 1. The lowest BCUT2D eigenvalue weighted by Crippen LogP contribution is -2.04. The Hall–Kier alpha value is -1.87. The first-order valence-corrected chi connectivity index (χ1v) is 7.43. The maximum atomic E-state index is 10.0. The summed E-state index contributed by atoms with van der Waals surface area (Å²) in [5, 5.41) is 14.0. The van der Waals surface area contributed by atoms with Gasteiger partial charge in [-0.15, -0.1) is 0 Å². The number of hydrogen-bond acceptors (Lipinski definition) is 3. The molecule has 0 bridgehead atoms. The van der Waals surface area contributed by atoms with Crippen LogP contribution in [0.25, 0.3) is 0 Å². The Balaban J connectivity index is 2.15. The van der Waals surface area contributed by atoms with Gasteiger partial charge in [0.25, 0.3) is 0 Å². The molecule has 0 spiro atoms. The second-order valence-electron chi connectivity index (χ2n) is 4.93. The average molecular weight is 306 g/mol. The quantitative estimate of drug-likeness (QED) is 0.809. The molecular weight excluding hydrogens is 286 g/mol. The summed E-state index contributed by atoms with van der Waals surface area (Å²) in [6, 6.07) is 11.2. The number of para-hydroxylation sites is 1. The van der Waals surface area contributed by atoms with Crippen LogP contribution in [0.2, 0.25) is 5.02 Å². The molecule has 0 saturated heterocycles. The summed E-state index contributed by atoms with van der Waals surface area (Å²) in [6.07, 6.45) is 0.945. The van der Waals surface area contributed by atoms with E-state index in [1.807, 2.05) is 43.3 Å². The predicted octanol–water partition coefficient (Wildman–Crippen LogP) is 4.75. The van der Waals surface area contributed by atoms with Gasteiger partial charge in [-0.2, -0.15) is 0 Å².